The zero-order valence-corrected chi connectivity index (χ0v) is 9.93. The minimum absolute atomic E-state index is 0.396. The van der Waals surface area contributed by atoms with Crippen LogP contribution in [0.25, 0.3) is 0 Å². The number of hydrogen-bond acceptors (Lipinski definition) is 4. The van der Waals surface area contributed by atoms with Crippen LogP contribution >= 0.6 is 11.6 Å². The second kappa shape index (κ2) is 5.12. The van der Waals surface area contributed by atoms with Gasteiger partial charge in [-0.3, -0.25) is 4.98 Å². The highest BCUT2D eigenvalue weighted by molar-refractivity contribution is 6.30. The summed E-state index contributed by atoms with van der Waals surface area (Å²) in [6.45, 7) is 1.68. The SMILES string of the molecule is C[C@H](O)c1ccnc(Oc2cncc(Cl)c2)c1. The zero-order chi connectivity index (χ0) is 12.3. The van der Waals surface area contributed by atoms with Gasteiger partial charge in [0.25, 0.3) is 0 Å². The number of nitrogens with zero attached hydrogens (tertiary/aromatic N) is 2. The van der Waals surface area contributed by atoms with Crippen molar-refractivity contribution in [2.24, 2.45) is 0 Å². The van der Waals surface area contributed by atoms with Crippen LogP contribution in [0.1, 0.15) is 18.6 Å². The van der Waals surface area contributed by atoms with Crippen LogP contribution in [0.2, 0.25) is 5.02 Å². The fraction of sp³-hybridized carbons (Fsp3) is 0.167. The summed E-state index contributed by atoms with van der Waals surface area (Å²) in [6.07, 6.45) is 4.09. The fourth-order valence-corrected chi connectivity index (χ4v) is 1.47. The molecule has 0 spiro atoms. The Kier molecular flexibility index (Phi) is 3.56. The van der Waals surface area contributed by atoms with Crippen molar-refractivity contribution < 1.29 is 9.84 Å². The van der Waals surface area contributed by atoms with Gasteiger partial charge in [-0.1, -0.05) is 11.6 Å². The van der Waals surface area contributed by atoms with Gasteiger partial charge in [0.15, 0.2) is 0 Å². The number of pyridine rings is 2. The second-order valence-electron chi connectivity index (χ2n) is 3.54. The molecule has 0 saturated heterocycles. The predicted octanol–water partition coefficient (Wildman–Crippen LogP) is 2.98. The largest absolute Gasteiger partial charge is 0.437 e. The average Bonchev–Trinajstić information content (AvgIpc) is 2.29. The minimum atomic E-state index is -0.558. The molecule has 0 unspecified atom stereocenters. The van der Waals surface area contributed by atoms with Crippen LogP contribution in [-0.4, -0.2) is 15.1 Å². The van der Waals surface area contributed by atoms with Gasteiger partial charge in [-0.15, -0.1) is 0 Å². The van der Waals surface area contributed by atoms with Gasteiger partial charge < -0.3 is 9.84 Å². The maximum atomic E-state index is 9.44. The van der Waals surface area contributed by atoms with E-state index in [0.717, 1.165) is 5.56 Å². The Morgan fingerprint density at radius 1 is 1.35 bits per heavy atom. The van der Waals surface area contributed by atoms with Crippen LogP contribution in [0.5, 0.6) is 11.6 Å². The molecule has 0 radical (unpaired) electrons. The van der Waals surface area contributed by atoms with Crippen molar-refractivity contribution in [3.05, 3.63) is 47.4 Å². The Morgan fingerprint density at radius 2 is 2.18 bits per heavy atom. The van der Waals surface area contributed by atoms with Gasteiger partial charge in [0.05, 0.1) is 17.3 Å². The van der Waals surface area contributed by atoms with Gasteiger partial charge in [0.2, 0.25) is 5.88 Å². The molecule has 2 aromatic rings. The van der Waals surface area contributed by atoms with Crippen LogP contribution in [0.4, 0.5) is 0 Å². The lowest BCUT2D eigenvalue weighted by Gasteiger charge is -2.07. The smallest absolute Gasteiger partial charge is 0.219 e. The summed E-state index contributed by atoms with van der Waals surface area (Å²) < 4.78 is 5.48. The van der Waals surface area contributed by atoms with Crippen molar-refractivity contribution in [3.63, 3.8) is 0 Å². The highest BCUT2D eigenvalue weighted by atomic mass is 35.5. The Morgan fingerprint density at radius 3 is 2.88 bits per heavy atom. The summed E-state index contributed by atoms with van der Waals surface area (Å²) in [5, 5.41) is 9.94. The molecule has 0 aliphatic carbocycles. The lowest BCUT2D eigenvalue weighted by molar-refractivity contribution is 0.198. The number of hydrogen-bond donors (Lipinski definition) is 1. The van der Waals surface area contributed by atoms with Crippen LogP contribution in [0.15, 0.2) is 36.8 Å². The summed E-state index contributed by atoms with van der Waals surface area (Å²) in [5.74, 6) is 0.903. The van der Waals surface area contributed by atoms with Crippen LogP contribution < -0.4 is 4.74 Å². The Labute approximate surface area is 104 Å². The molecule has 0 aliphatic rings. The summed E-state index contributed by atoms with van der Waals surface area (Å²) >= 11 is 5.79. The van der Waals surface area contributed by atoms with Gasteiger partial charge in [-0.05, 0) is 18.6 Å². The topological polar surface area (TPSA) is 55.2 Å². The van der Waals surface area contributed by atoms with Gasteiger partial charge in [-0.25, -0.2) is 4.98 Å². The third kappa shape index (κ3) is 3.15. The highest BCUT2D eigenvalue weighted by Gasteiger charge is 2.04. The molecule has 4 nitrogen and oxygen atoms in total. The normalized spacial score (nSPS) is 12.2. The Balaban J connectivity index is 2.21. The van der Waals surface area contributed by atoms with Gasteiger partial charge >= 0.3 is 0 Å². The third-order valence-corrected chi connectivity index (χ3v) is 2.35. The molecule has 1 atom stereocenters. The van der Waals surface area contributed by atoms with Crippen LogP contribution in [0, 0.1) is 0 Å². The molecule has 2 aromatic heterocycles. The first-order valence-electron chi connectivity index (χ1n) is 5.07. The first kappa shape index (κ1) is 11.8. The van der Waals surface area contributed by atoms with E-state index in [-0.39, 0.29) is 0 Å². The number of rotatable bonds is 3. The predicted molar refractivity (Wildman–Crippen MR) is 64.2 cm³/mol. The number of aliphatic hydroxyl groups excluding tert-OH is 1. The van der Waals surface area contributed by atoms with E-state index in [1.165, 1.54) is 6.20 Å². The molecule has 17 heavy (non-hydrogen) atoms. The third-order valence-electron chi connectivity index (χ3n) is 2.14. The van der Waals surface area contributed by atoms with Crippen molar-refractivity contribution in [1.82, 2.24) is 9.97 Å². The first-order chi connectivity index (χ1) is 8.15. The number of halogens is 1. The highest BCUT2D eigenvalue weighted by Crippen LogP contribution is 2.23. The standard InChI is InChI=1S/C12H11ClN2O2/c1-8(16)9-2-3-15-12(4-9)17-11-5-10(13)6-14-7-11/h2-8,16H,1H3/t8-/m0/s1. The van der Waals surface area contributed by atoms with Gasteiger partial charge in [-0.2, -0.15) is 0 Å². The maximum absolute atomic E-state index is 9.44. The van der Waals surface area contributed by atoms with E-state index in [2.05, 4.69) is 9.97 Å². The number of ether oxygens (including phenoxy) is 1. The molecule has 0 aliphatic heterocycles. The van der Waals surface area contributed by atoms with E-state index >= 15 is 0 Å². The maximum Gasteiger partial charge on any atom is 0.219 e. The second-order valence-corrected chi connectivity index (χ2v) is 3.98. The van der Waals surface area contributed by atoms with E-state index < -0.39 is 6.10 Å². The van der Waals surface area contributed by atoms with Crippen molar-refractivity contribution >= 4 is 11.6 Å². The molecule has 0 bridgehead atoms. The lowest BCUT2D eigenvalue weighted by atomic mass is 10.2. The van der Waals surface area contributed by atoms with Crippen molar-refractivity contribution in [2.45, 2.75) is 13.0 Å². The molecule has 1 N–H and O–H groups in total. The van der Waals surface area contributed by atoms with E-state index in [0.29, 0.717) is 16.7 Å². The lowest BCUT2D eigenvalue weighted by Crippen LogP contribution is -1.94. The molecule has 0 amide bonds. The minimum Gasteiger partial charge on any atom is -0.437 e. The average molecular weight is 251 g/mol. The van der Waals surface area contributed by atoms with Gasteiger partial charge in [0.1, 0.15) is 5.75 Å². The van der Waals surface area contributed by atoms with E-state index in [1.807, 2.05) is 0 Å². The molecule has 5 heteroatoms. The molecule has 2 rings (SSSR count). The van der Waals surface area contributed by atoms with Gasteiger partial charge in [0, 0.05) is 24.5 Å². The molecular weight excluding hydrogens is 240 g/mol. The molecule has 2 heterocycles. The molecule has 0 aromatic carbocycles. The summed E-state index contributed by atoms with van der Waals surface area (Å²) in [5.41, 5.74) is 0.741. The van der Waals surface area contributed by atoms with Crippen molar-refractivity contribution in [1.29, 1.82) is 0 Å². The van der Waals surface area contributed by atoms with Crippen molar-refractivity contribution in [2.75, 3.05) is 0 Å². The van der Waals surface area contributed by atoms with E-state index in [4.69, 9.17) is 16.3 Å². The summed E-state index contributed by atoms with van der Waals surface area (Å²) in [7, 11) is 0. The number of aromatic nitrogens is 2. The Hall–Kier alpha value is -1.65. The van der Waals surface area contributed by atoms with E-state index in [9.17, 15) is 5.11 Å². The van der Waals surface area contributed by atoms with Crippen LogP contribution in [0.3, 0.4) is 0 Å². The molecule has 0 saturated carbocycles. The summed E-state index contributed by atoms with van der Waals surface area (Å²) in [4.78, 5) is 7.95. The molecule has 0 fully saturated rings. The molecule has 88 valence electrons. The Bertz CT molecular complexity index is 517. The zero-order valence-electron chi connectivity index (χ0n) is 9.17. The molecular formula is C12H11ClN2O2. The quantitative estimate of drug-likeness (QED) is 0.910. The monoisotopic (exact) mass is 250 g/mol. The van der Waals surface area contributed by atoms with E-state index in [1.54, 1.807) is 37.5 Å². The van der Waals surface area contributed by atoms with Crippen molar-refractivity contribution in [3.8, 4) is 11.6 Å². The van der Waals surface area contributed by atoms with Crippen LogP contribution in [-0.2, 0) is 0 Å². The summed E-state index contributed by atoms with van der Waals surface area (Å²) in [6, 6.07) is 5.05. The first-order valence-corrected chi connectivity index (χ1v) is 5.45. The number of aliphatic hydroxyl groups is 1. The fourth-order valence-electron chi connectivity index (χ4n) is 1.31.